The van der Waals surface area contributed by atoms with Gasteiger partial charge < -0.3 is 0 Å². The van der Waals surface area contributed by atoms with E-state index in [0.29, 0.717) is 0 Å². The number of halogens is 1. The van der Waals surface area contributed by atoms with E-state index in [2.05, 4.69) is 41.0 Å². The Morgan fingerprint density at radius 3 is 2.50 bits per heavy atom. The summed E-state index contributed by atoms with van der Waals surface area (Å²) in [4.78, 5) is 0. The van der Waals surface area contributed by atoms with Gasteiger partial charge in [0.25, 0.3) is 0 Å². The summed E-state index contributed by atoms with van der Waals surface area (Å²) in [6.45, 7) is 2.27. The first-order valence-electron chi connectivity index (χ1n) is 5.56. The number of unbranched alkanes of at least 4 members (excludes halogenated alkanes) is 5. The van der Waals surface area contributed by atoms with Crippen LogP contribution in [0.3, 0.4) is 0 Å². The molecule has 0 aliphatic heterocycles. The molecule has 0 radical (unpaired) electrons. The molecule has 0 nitrogen and oxygen atoms in total. The lowest BCUT2D eigenvalue weighted by Crippen LogP contribution is -1.85. The van der Waals surface area contributed by atoms with Crippen molar-refractivity contribution in [2.45, 2.75) is 51.9 Å². The molecule has 0 atom stereocenters. The highest BCUT2D eigenvalue weighted by atomic mass is 127. The Balaban J connectivity index is 2.02. The maximum atomic E-state index is 2.45. The average molecular weight is 322 g/mol. The lowest BCUT2D eigenvalue weighted by atomic mass is 10.1. The lowest BCUT2D eigenvalue weighted by molar-refractivity contribution is 0.607. The summed E-state index contributed by atoms with van der Waals surface area (Å²) in [5.41, 5.74) is 1.56. The van der Waals surface area contributed by atoms with E-state index in [-0.39, 0.29) is 0 Å². The van der Waals surface area contributed by atoms with E-state index in [1.165, 1.54) is 47.8 Å². The van der Waals surface area contributed by atoms with Crippen LogP contribution in [-0.2, 0) is 6.42 Å². The molecule has 0 bridgehead atoms. The molecule has 14 heavy (non-hydrogen) atoms. The molecule has 0 aliphatic rings. The highest BCUT2D eigenvalue weighted by Gasteiger charge is 1.99. The summed E-state index contributed by atoms with van der Waals surface area (Å²) >= 11 is 4.31. The summed E-state index contributed by atoms with van der Waals surface area (Å²) in [5, 5.41) is 2.20. The number of aryl methyl sites for hydroxylation is 1. The van der Waals surface area contributed by atoms with Gasteiger partial charge in [-0.2, -0.15) is 0 Å². The van der Waals surface area contributed by atoms with Gasteiger partial charge in [-0.1, -0.05) is 39.0 Å². The SMILES string of the molecule is CCCCCCCCc1ccsc1I. The van der Waals surface area contributed by atoms with Crippen molar-refractivity contribution in [2.24, 2.45) is 0 Å². The van der Waals surface area contributed by atoms with E-state index in [0.717, 1.165) is 0 Å². The van der Waals surface area contributed by atoms with Crippen LogP contribution in [0.1, 0.15) is 51.0 Å². The molecule has 0 fully saturated rings. The van der Waals surface area contributed by atoms with Crippen LogP contribution in [0, 0.1) is 2.88 Å². The van der Waals surface area contributed by atoms with Crippen molar-refractivity contribution in [3.8, 4) is 0 Å². The van der Waals surface area contributed by atoms with Crippen molar-refractivity contribution < 1.29 is 0 Å². The van der Waals surface area contributed by atoms with Crippen LogP contribution in [0.25, 0.3) is 0 Å². The third kappa shape index (κ3) is 4.78. The molecule has 0 N–H and O–H groups in total. The largest absolute Gasteiger partial charge is 0.137 e. The quantitative estimate of drug-likeness (QED) is 0.475. The van der Waals surface area contributed by atoms with Crippen LogP contribution < -0.4 is 0 Å². The first-order valence-corrected chi connectivity index (χ1v) is 7.52. The first-order chi connectivity index (χ1) is 6.84. The molecule has 80 valence electrons. The zero-order valence-electron chi connectivity index (χ0n) is 8.89. The van der Waals surface area contributed by atoms with Crippen LogP contribution in [0.5, 0.6) is 0 Å². The van der Waals surface area contributed by atoms with Crippen molar-refractivity contribution in [1.82, 2.24) is 0 Å². The second-order valence-electron chi connectivity index (χ2n) is 3.74. The van der Waals surface area contributed by atoms with E-state index in [1.54, 1.807) is 5.56 Å². The number of hydrogen-bond acceptors (Lipinski definition) is 1. The molecule has 0 unspecified atom stereocenters. The van der Waals surface area contributed by atoms with Crippen molar-refractivity contribution in [2.75, 3.05) is 0 Å². The fraction of sp³-hybridized carbons (Fsp3) is 0.667. The summed E-state index contributed by atoms with van der Waals surface area (Å²) in [7, 11) is 0. The van der Waals surface area contributed by atoms with Gasteiger partial charge in [0.05, 0.1) is 2.88 Å². The summed E-state index contributed by atoms with van der Waals surface area (Å²) < 4.78 is 1.48. The topological polar surface area (TPSA) is 0 Å². The van der Waals surface area contributed by atoms with Crippen molar-refractivity contribution in [3.05, 3.63) is 19.9 Å². The summed E-state index contributed by atoms with van der Waals surface area (Å²) in [6, 6.07) is 2.28. The minimum absolute atomic E-state index is 1.29. The van der Waals surface area contributed by atoms with Gasteiger partial charge in [0, 0.05) is 0 Å². The molecule has 0 aromatic carbocycles. The van der Waals surface area contributed by atoms with Crippen LogP contribution >= 0.6 is 33.9 Å². The molecule has 2 heteroatoms. The van der Waals surface area contributed by atoms with Crippen molar-refractivity contribution in [3.63, 3.8) is 0 Å². The second kappa shape index (κ2) is 7.69. The van der Waals surface area contributed by atoms with Crippen LogP contribution in [0.15, 0.2) is 11.4 Å². The fourth-order valence-corrected chi connectivity index (χ4v) is 3.16. The predicted molar refractivity (Wildman–Crippen MR) is 74.1 cm³/mol. The second-order valence-corrected chi connectivity index (χ2v) is 6.46. The average Bonchev–Trinajstić information content (AvgIpc) is 2.58. The van der Waals surface area contributed by atoms with Gasteiger partial charge >= 0.3 is 0 Å². The molecule has 1 rings (SSSR count). The van der Waals surface area contributed by atoms with Crippen molar-refractivity contribution >= 4 is 33.9 Å². The maximum absolute atomic E-state index is 2.45. The summed E-state index contributed by atoms with van der Waals surface area (Å²) in [5.74, 6) is 0. The van der Waals surface area contributed by atoms with E-state index in [4.69, 9.17) is 0 Å². The Labute approximate surface area is 105 Å². The van der Waals surface area contributed by atoms with Crippen LogP contribution in [0.2, 0.25) is 0 Å². The Morgan fingerprint density at radius 2 is 1.86 bits per heavy atom. The van der Waals surface area contributed by atoms with Gasteiger partial charge in [-0.05, 0) is 52.4 Å². The van der Waals surface area contributed by atoms with Crippen molar-refractivity contribution in [1.29, 1.82) is 0 Å². The predicted octanol–water partition coefficient (Wildman–Crippen LogP) is 5.26. The number of rotatable bonds is 7. The number of thiophene rings is 1. The first kappa shape index (κ1) is 12.5. The Morgan fingerprint density at radius 1 is 1.14 bits per heavy atom. The Kier molecular flexibility index (Phi) is 6.86. The van der Waals surface area contributed by atoms with Crippen LogP contribution in [0.4, 0.5) is 0 Å². The van der Waals surface area contributed by atoms with E-state index < -0.39 is 0 Å². The molecule has 0 saturated carbocycles. The molecular weight excluding hydrogens is 303 g/mol. The molecule has 0 amide bonds. The third-order valence-corrected chi connectivity index (χ3v) is 4.69. The fourth-order valence-electron chi connectivity index (χ4n) is 1.59. The lowest BCUT2D eigenvalue weighted by Gasteiger charge is -2.00. The normalized spacial score (nSPS) is 10.7. The molecule has 1 heterocycles. The minimum atomic E-state index is 1.29. The summed E-state index contributed by atoms with van der Waals surface area (Å²) in [6.07, 6.45) is 9.68. The minimum Gasteiger partial charge on any atom is -0.137 e. The molecule has 1 aromatic heterocycles. The molecular formula is C12H19IS. The van der Waals surface area contributed by atoms with E-state index >= 15 is 0 Å². The van der Waals surface area contributed by atoms with Gasteiger partial charge in [0.2, 0.25) is 0 Å². The molecule has 0 spiro atoms. The third-order valence-electron chi connectivity index (χ3n) is 2.49. The highest BCUT2D eigenvalue weighted by molar-refractivity contribution is 14.1. The van der Waals surface area contributed by atoms with Gasteiger partial charge in [-0.3, -0.25) is 0 Å². The van der Waals surface area contributed by atoms with Crippen LogP contribution in [-0.4, -0.2) is 0 Å². The Hall–Kier alpha value is 0.430. The molecule has 1 aromatic rings. The Bertz CT molecular complexity index is 242. The molecule has 0 saturated heterocycles. The van der Waals surface area contributed by atoms with Gasteiger partial charge in [-0.15, -0.1) is 11.3 Å². The van der Waals surface area contributed by atoms with E-state index in [1.807, 2.05) is 11.3 Å². The highest BCUT2D eigenvalue weighted by Crippen LogP contribution is 2.21. The zero-order valence-corrected chi connectivity index (χ0v) is 11.9. The maximum Gasteiger partial charge on any atom is 0.0685 e. The molecule has 0 aliphatic carbocycles. The van der Waals surface area contributed by atoms with Gasteiger partial charge in [0.15, 0.2) is 0 Å². The number of hydrogen-bond donors (Lipinski definition) is 0. The standard InChI is InChI=1S/C12H19IS/c1-2-3-4-5-6-7-8-11-9-10-14-12(11)13/h9-10H,2-8H2,1H3. The van der Waals surface area contributed by atoms with Gasteiger partial charge in [-0.25, -0.2) is 0 Å². The zero-order chi connectivity index (χ0) is 10.2. The van der Waals surface area contributed by atoms with Gasteiger partial charge in [0.1, 0.15) is 0 Å². The van der Waals surface area contributed by atoms with E-state index in [9.17, 15) is 0 Å². The monoisotopic (exact) mass is 322 g/mol. The smallest absolute Gasteiger partial charge is 0.0685 e.